The molecule has 62 heavy (non-hydrogen) atoms. The molecule has 2 aliphatic heterocycles. The van der Waals surface area contributed by atoms with Crippen molar-refractivity contribution < 1.29 is 13.2 Å². The van der Waals surface area contributed by atoms with Gasteiger partial charge in [-0.25, -0.2) is 13.2 Å². The first-order chi connectivity index (χ1) is 29.8. The van der Waals surface area contributed by atoms with E-state index in [4.69, 9.17) is 0 Å². The predicted octanol–water partition coefficient (Wildman–Crippen LogP) is 13.0. The zero-order chi connectivity index (χ0) is 42.6. The molecule has 300 valence electrons. The van der Waals surface area contributed by atoms with Gasteiger partial charge >= 0.3 is 0 Å². The molecule has 0 atom stereocenters. The van der Waals surface area contributed by atoms with Crippen LogP contribution in [0.4, 0.5) is 13.2 Å². The average molecular weight is 811 g/mol. The van der Waals surface area contributed by atoms with Crippen molar-refractivity contribution in [2.75, 3.05) is 0 Å². The highest BCUT2D eigenvalue weighted by Crippen LogP contribution is 2.48. The molecule has 0 amide bonds. The van der Waals surface area contributed by atoms with E-state index in [1.54, 1.807) is 0 Å². The van der Waals surface area contributed by atoms with Crippen LogP contribution in [0.25, 0.3) is 88.4 Å². The number of fused-ring (bicyclic) bond motifs is 9. The summed E-state index contributed by atoms with van der Waals surface area (Å²) in [5.74, 6) is -2.84. The van der Waals surface area contributed by atoms with Gasteiger partial charge in [-0.15, -0.1) is 0 Å². The quantitative estimate of drug-likeness (QED) is 0.157. The van der Waals surface area contributed by atoms with Crippen molar-refractivity contribution in [1.82, 2.24) is 9.13 Å². The van der Waals surface area contributed by atoms with Crippen LogP contribution in [0.3, 0.4) is 0 Å². The number of rotatable bonds is 3. The van der Waals surface area contributed by atoms with Gasteiger partial charge in [0.05, 0.1) is 22.3 Å². The SMILES string of the molecule is CC(C)(C)c1ccc2c(c1)c1cc(C(C)(C)C)cc3c1n2-c1cc(-c2c(F)cc(F)cc2F)cc2c1B3c1c3ccccc3cc3c(-c4ccccc4)c(-c4ccccc4)n-2c13. The van der Waals surface area contributed by atoms with Gasteiger partial charge in [0, 0.05) is 50.7 Å². The number of nitrogens with zero attached hydrogens (tertiary/aromatic N) is 2. The van der Waals surface area contributed by atoms with Gasteiger partial charge in [0.15, 0.2) is 0 Å². The monoisotopic (exact) mass is 810 g/mol. The van der Waals surface area contributed by atoms with Crippen LogP contribution in [-0.2, 0) is 10.8 Å². The number of hydrogen-bond donors (Lipinski definition) is 0. The van der Waals surface area contributed by atoms with Gasteiger partial charge < -0.3 is 9.13 Å². The fourth-order valence-corrected chi connectivity index (χ4v) is 10.7. The summed E-state index contributed by atoms with van der Waals surface area (Å²) in [4.78, 5) is 0. The molecule has 12 rings (SSSR count). The molecule has 0 spiro atoms. The Kier molecular flexibility index (Phi) is 7.55. The van der Waals surface area contributed by atoms with E-state index in [9.17, 15) is 4.39 Å². The molecular weight excluding hydrogens is 768 g/mol. The Morgan fingerprint density at radius 3 is 1.74 bits per heavy atom. The van der Waals surface area contributed by atoms with Crippen molar-refractivity contribution >= 4 is 66.6 Å². The van der Waals surface area contributed by atoms with Crippen molar-refractivity contribution in [2.24, 2.45) is 0 Å². The highest BCUT2D eigenvalue weighted by molar-refractivity contribution is 7.01. The smallest absolute Gasteiger partial charge is 0.253 e. The molecule has 6 heteroatoms. The van der Waals surface area contributed by atoms with Crippen LogP contribution in [0, 0.1) is 17.5 Å². The highest BCUT2D eigenvalue weighted by Gasteiger charge is 2.44. The summed E-state index contributed by atoms with van der Waals surface area (Å²) in [6.07, 6.45) is 0. The lowest BCUT2D eigenvalue weighted by molar-refractivity contribution is 0.548. The highest BCUT2D eigenvalue weighted by atomic mass is 19.1. The summed E-state index contributed by atoms with van der Waals surface area (Å²) >= 11 is 0. The van der Waals surface area contributed by atoms with Gasteiger partial charge in [-0.05, 0) is 102 Å². The first-order valence-electron chi connectivity index (χ1n) is 21.5. The lowest BCUT2D eigenvalue weighted by Gasteiger charge is -2.36. The average Bonchev–Trinajstić information content (AvgIpc) is 3.76. The topological polar surface area (TPSA) is 9.86 Å². The fraction of sp³-hybridized carbons (Fsp3) is 0.143. The van der Waals surface area contributed by atoms with Crippen molar-refractivity contribution in [2.45, 2.75) is 52.4 Å². The number of halogens is 3. The van der Waals surface area contributed by atoms with Crippen LogP contribution in [0.2, 0.25) is 0 Å². The van der Waals surface area contributed by atoms with Crippen LogP contribution in [0.15, 0.2) is 146 Å². The maximum absolute atomic E-state index is 16.2. The van der Waals surface area contributed by atoms with Gasteiger partial charge in [0.25, 0.3) is 6.71 Å². The second-order valence-electron chi connectivity index (χ2n) is 19.3. The van der Waals surface area contributed by atoms with E-state index in [-0.39, 0.29) is 23.1 Å². The van der Waals surface area contributed by atoms with Crippen LogP contribution in [-0.4, -0.2) is 15.8 Å². The van der Waals surface area contributed by atoms with Gasteiger partial charge in [0.2, 0.25) is 0 Å². The molecule has 2 aliphatic rings. The third-order valence-electron chi connectivity index (χ3n) is 13.5. The molecule has 0 N–H and O–H groups in total. The summed E-state index contributed by atoms with van der Waals surface area (Å²) in [7, 11) is 0. The van der Waals surface area contributed by atoms with Gasteiger partial charge in [0.1, 0.15) is 17.5 Å². The Balaban J connectivity index is 1.37. The van der Waals surface area contributed by atoms with Crippen LogP contribution >= 0.6 is 0 Å². The molecule has 2 aromatic heterocycles. The van der Waals surface area contributed by atoms with E-state index in [1.165, 1.54) is 22.1 Å². The second kappa shape index (κ2) is 12.6. The molecule has 4 heterocycles. The normalized spacial score (nSPS) is 13.2. The van der Waals surface area contributed by atoms with E-state index in [0.29, 0.717) is 5.56 Å². The first kappa shape index (κ1) is 37.0. The van der Waals surface area contributed by atoms with E-state index in [1.807, 2.05) is 24.3 Å². The zero-order valence-corrected chi connectivity index (χ0v) is 35.5. The third-order valence-corrected chi connectivity index (χ3v) is 13.5. The Morgan fingerprint density at radius 2 is 1.06 bits per heavy atom. The maximum atomic E-state index is 16.2. The van der Waals surface area contributed by atoms with Crippen LogP contribution < -0.4 is 16.4 Å². The van der Waals surface area contributed by atoms with Crippen molar-refractivity contribution in [1.29, 1.82) is 0 Å². The van der Waals surface area contributed by atoms with Gasteiger partial charge in [-0.1, -0.05) is 139 Å². The van der Waals surface area contributed by atoms with E-state index in [0.717, 1.165) is 94.8 Å². The van der Waals surface area contributed by atoms with Gasteiger partial charge in [-0.3, -0.25) is 0 Å². The molecule has 0 radical (unpaired) electrons. The number of benzene rings is 8. The third kappa shape index (κ3) is 5.07. The Bertz CT molecular complexity index is 3540. The number of aromatic nitrogens is 2. The molecule has 0 fully saturated rings. The van der Waals surface area contributed by atoms with Crippen LogP contribution in [0.5, 0.6) is 0 Å². The minimum absolute atomic E-state index is 0.100. The lowest BCUT2D eigenvalue weighted by Crippen LogP contribution is -2.60. The molecule has 0 saturated heterocycles. The molecular formula is C56H42BF3N2. The summed E-state index contributed by atoms with van der Waals surface area (Å²) in [6, 6.07) is 49.0. The summed E-state index contributed by atoms with van der Waals surface area (Å²) < 4.78 is 51.8. The Labute approximate surface area is 359 Å². The minimum Gasteiger partial charge on any atom is -0.310 e. The summed E-state index contributed by atoms with van der Waals surface area (Å²) in [5.41, 5.74) is 14.8. The van der Waals surface area contributed by atoms with E-state index >= 15 is 8.78 Å². The van der Waals surface area contributed by atoms with Crippen molar-refractivity contribution in [3.05, 3.63) is 174 Å². The van der Waals surface area contributed by atoms with E-state index < -0.39 is 17.5 Å². The number of hydrogen-bond acceptors (Lipinski definition) is 0. The molecule has 0 saturated carbocycles. The largest absolute Gasteiger partial charge is 0.310 e. The van der Waals surface area contributed by atoms with E-state index in [2.05, 4.69) is 160 Å². The minimum atomic E-state index is -0.953. The fourth-order valence-electron chi connectivity index (χ4n) is 10.7. The molecule has 8 aromatic carbocycles. The summed E-state index contributed by atoms with van der Waals surface area (Å²) in [5, 5.41) is 5.69. The second-order valence-corrected chi connectivity index (χ2v) is 19.3. The zero-order valence-electron chi connectivity index (χ0n) is 35.5. The molecule has 0 bridgehead atoms. The van der Waals surface area contributed by atoms with Gasteiger partial charge in [-0.2, -0.15) is 0 Å². The lowest BCUT2D eigenvalue weighted by atomic mass is 9.33. The predicted molar refractivity (Wildman–Crippen MR) is 253 cm³/mol. The Morgan fingerprint density at radius 1 is 0.452 bits per heavy atom. The van der Waals surface area contributed by atoms with Crippen molar-refractivity contribution in [3.63, 3.8) is 0 Å². The molecule has 0 unspecified atom stereocenters. The first-order valence-corrected chi connectivity index (χ1v) is 21.5. The van der Waals surface area contributed by atoms with Crippen LogP contribution in [0.1, 0.15) is 52.7 Å². The molecule has 2 nitrogen and oxygen atoms in total. The molecule has 0 aliphatic carbocycles. The Hall–Kier alpha value is -6.79. The van der Waals surface area contributed by atoms with Crippen molar-refractivity contribution in [3.8, 4) is 44.9 Å². The summed E-state index contributed by atoms with van der Waals surface area (Å²) in [6.45, 7) is 13.3. The molecule has 10 aromatic rings. The standard InChI is InChI=1S/C56H42BF3N2/c1-55(2,3)35-21-22-45-39(26-35)40-27-36(56(4,5)6)28-42-53(40)61(45)46-24-34(49-43(59)29-37(58)30-44(49)60)25-47-51(46)57(42)50-38-20-14-13-19-33(38)23-41-48(31-15-9-7-10-16-31)52(62(47)54(41)50)32-17-11-8-12-18-32/h7-30H,1-6H3. The maximum Gasteiger partial charge on any atom is 0.253 e.